The molecule has 1 aliphatic heterocycles. The van der Waals surface area contributed by atoms with Gasteiger partial charge in [-0.1, -0.05) is 0 Å². The van der Waals surface area contributed by atoms with Crippen molar-refractivity contribution in [2.45, 2.75) is 0 Å². The number of amidine groups is 1. The Balaban J connectivity index is 1.69. The number of anilines is 2. The van der Waals surface area contributed by atoms with Crippen molar-refractivity contribution in [3.63, 3.8) is 0 Å². The van der Waals surface area contributed by atoms with Crippen molar-refractivity contribution in [2.75, 3.05) is 36.0 Å². The Labute approximate surface area is 120 Å². The number of piperazine rings is 1. The lowest BCUT2D eigenvalue weighted by molar-refractivity contribution is 0.638. The van der Waals surface area contributed by atoms with Crippen LogP contribution in [0, 0.1) is 5.41 Å². The summed E-state index contributed by atoms with van der Waals surface area (Å²) >= 11 is 1.65. The predicted molar refractivity (Wildman–Crippen MR) is 79.6 cm³/mol. The van der Waals surface area contributed by atoms with Crippen LogP contribution in [0.15, 0.2) is 23.8 Å². The largest absolute Gasteiger partial charge is 0.382 e. The molecule has 2 aromatic heterocycles. The Morgan fingerprint density at radius 3 is 2.55 bits per heavy atom. The van der Waals surface area contributed by atoms with Crippen LogP contribution in [0.2, 0.25) is 0 Å². The van der Waals surface area contributed by atoms with Crippen LogP contribution in [-0.2, 0) is 0 Å². The second-order valence-electron chi connectivity index (χ2n) is 4.44. The first kappa shape index (κ1) is 12.8. The fraction of sp³-hybridized carbons (Fsp3) is 0.333. The maximum absolute atomic E-state index is 7.43. The van der Waals surface area contributed by atoms with Gasteiger partial charge in [-0.25, -0.2) is 15.0 Å². The van der Waals surface area contributed by atoms with Gasteiger partial charge in [-0.05, 0) is 6.07 Å². The number of nitrogen functional groups attached to an aromatic ring is 1. The molecule has 0 saturated carbocycles. The molecular formula is C12H15N7S. The molecule has 20 heavy (non-hydrogen) atoms. The average Bonchev–Trinajstić information content (AvgIpc) is 3.02. The van der Waals surface area contributed by atoms with Gasteiger partial charge >= 0.3 is 0 Å². The molecule has 7 nitrogen and oxygen atoms in total. The van der Waals surface area contributed by atoms with Crippen molar-refractivity contribution >= 4 is 28.3 Å². The highest BCUT2D eigenvalue weighted by Crippen LogP contribution is 2.20. The summed E-state index contributed by atoms with van der Waals surface area (Å²) in [5.41, 5.74) is 5.93. The van der Waals surface area contributed by atoms with Crippen LogP contribution in [-0.4, -0.2) is 47.0 Å². The molecule has 0 unspecified atom stereocenters. The number of thiazole rings is 1. The molecule has 1 aliphatic rings. The number of nitrogens with one attached hydrogen (secondary N) is 1. The zero-order chi connectivity index (χ0) is 13.9. The van der Waals surface area contributed by atoms with E-state index in [1.54, 1.807) is 23.6 Å². The monoisotopic (exact) mass is 289 g/mol. The van der Waals surface area contributed by atoms with Gasteiger partial charge in [-0.3, -0.25) is 5.41 Å². The van der Waals surface area contributed by atoms with Crippen LogP contribution in [0.4, 0.5) is 11.1 Å². The van der Waals surface area contributed by atoms with Crippen molar-refractivity contribution in [3.05, 3.63) is 29.5 Å². The molecule has 3 heterocycles. The first-order valence-corrected chi connectivity index (χ1v) is 7.19. The highest BCUT2D eigenvalue weighted by molar-refractivity contribution is 7.13. The first-order valence-electron chi connectivity index (χ1n) is 6.31. The number of hydrogen-bond donors (Lipinski definition) is 2. The molecule has 1 fully saturated rings. The molecule has 0 spiro atoms. The van der Waals surface area contributed by atoms with Crippen LogP contribution in [0.5, 0.6) is 0 Å². The van der Waals surface area contributed by atoms with Crippen molar-refractivity contribution in [1.29, 1.82) is 5.41 Å². The maximum atomic E-state index is 7.43. The van der Waals surface area contributed by atoms with E-state index in [4.69, 9.17) is 11.1 Å². The van der Waals surface area contributed by atoms with Crippen molar-refractivity contribution in [3.8, 4) is 0 Å². The van der Waals surface area contributed by atoms with Gasteiger partial charge < -0.3 is 15.5 Å². The molecule has 0 amide bonds. The number of rotatable bonds is 3. The second kappa shape index (κ2) is 5.41. The van der Waals surface area contributed by atoms with Gasteiger partial charge in [0, 0.05) is 44.0 Å². The Morgan fingerprint density at radius 1 is 1.15 bits per heavy atom. The summed E-state index contributed by atoms with van der Waals surface area (Å²) in [6.07, 6.45) is 3.47. The number of nitrogens with two attached hydrogens (primary N) is 1. The number of hydrogen-bond acceptors (Lipinski definition) is 7. The summed E-state index contributed by atoms with van der Waals surface area (Å²) in [6.45, 7) is 3.45. The zero-order valence-corrected chi connectivity index (χ0v) is 11.7. The molecule has 0 bridgehead atoms. The minimum Gasteiger partial charge on any atom is -0.382 e. The smallest absolute Gasteiger partial charge is 0.226 e. The van der Waals surface area contributed by atoms with Crippen LogP contribution in [0.1, 0.15) is 5.69 Å². The molecule has 1 saturated heterocycles. The van der Waals surface area contributed by atoms with Crippen molar-refractivity contribution in [1.82, 2.24) is 15.0 Å². The molecule has 3 N–H and O–H groups in total. The van der Waals surface area contributed by atoms with E-state index in [2.05, 4.69) is 24.8 Å². The van der Waals surface area contributed by atoms with Crippen LogP contribution < -0.4 is 15.5 Å². The molecule has 0 aromatic carbocycles. The fourth-order valence-corrected chi connectivity index (χ4v) is 2.82. The Kier molecular flexibility index (Phi) is 3.46. The SMILES string of the molecule is N=C(N)c1ccnc(N2CCN(c3nccs3)CC2)n1. The van der Waals surface area contributed by atoms with Gasteiger partial charge in [0.1, 0.15) is 11.5 Å². The van der Waals surface area contributed by atoms with Gasteiger partial charge in [-0.2, -0.15) is 0 Å². The third-order valence-electron chi connectivity index (χ3n) is 3.17. The van der Waals surface area contributed by atoms with E-state index >= 15 is 0 Å². The molecule has 8 heteroatoms. The van der Waals surface area contributed by atoms with Gasteiger partial charge in [0.2, 0.25) is 5.95 Å². The Bertz CT molecular complexity index is 590. The lowest BCUT2D eigenvalue weighted by atomic mass is 10.3. The quantitative estimate of drug-likeness (QED) is 0.632. The van der Waals surface area contributed by atoms with E-state index in [-0.39, 0.29) is 5.84 Å². The minimum atomic E-state index is -0.0323. The summed E-state index contributed by atoms with van der Waals surface area (Å²) in [5.74, 6) is 0.603. The van der Waals surface area contributed by atoms with Crippen molar-refractivity contribution < 1.29 is 0 Å². The summed E-state index contributed by atoms with van der Waals surface area (Å²) in [6, 6.07) is 1.65. The van der Waals surface area contributed by atoms with Gasteiger partial charge in [0.15, 0.2) is 5.13 Å². The predicted octanol–water partition coefficient (Wildman–Crippen LogP) is 0.544. The Morgan fingerprint density at radius 2 is 1.90 bits per heavy atom. The highest BCUT2D eigenvalue weighted by Gasteiger charge is 2.20. The molecule has 0 radical (unpaired) electrons. The van der Waals surface area contributed by atoms with E-state index in [9.17, 15) is 0 Å². The van der Waals surface area contributed by atoms with Crippen molar-refractivity contribution in [2.24, 2.45) is 5.73 Å². The first-order chi connectivity index (χ1) is 9.74. The lowest BCUT2D eigenvalue weighted by Crippen LogP contribution is -2.47. The normalized spacial score (nSPS) is 15.4. The number of aromatic nitrogens is 3. The Hall–Kier alpha value is -2.22. The summed E-state index contributed by atoms with van der Waals surface area (Å²) in [5, 5.41) is 10.5. The number of nitrogens with zero attached hydrogens (tertiary/aromatic N) is 5. The van der Waals surface area contributed by atoms with Crippen LogP contribution in [0.25, 0.3) is 0 Å². The third-order valence-corrected chi connectivity index (χ3v) is 4.00. The van der Waals surface area contributed by atoms with Gasteiger partial charge in [0.25, 0.3) is 0 Å². The standard InChI is InChI=1S/C12H15N7S/c13-10(14)9-1-2-15-11(17-9)18-4-6-19(7-5-18)12-16-3-8-20-12/h1-3,8H,4-7H2,(H3,13,14). The molecule has 104 valence electrons. The summed E-state index contributed by atoms with van der Waals surface area (Å²) in [7, 11) is 0. The molecule has 0 aliphatic carbocycles. The molecular weight excluding hydrogens is 274 g/mol. The molecule has 2 aromatic rings. The van der Waals surface area contributed by atoms with E-state index in [1.165, 1.54) is 0 Å². The molecule has 0 atom stereocenters. The van der Waals surface area contributed by atoms with Gasteiger partial charge in [0.05, 0.1) is 0 Å². The van der Waals surface area contributed by atoms with Gasteiger partial charge in [-0.15, -0.1) is 11.3 Å². The fourth-order valence-electron chi connectivity index (χ4n) is 2.12. The third kappa shape index (κ3) is 2.55. The van der Waals surface area contributed by atoms with Crippen LogP contribution in [0.3, 0.4) is 0 Å². The van der Waals surface area contributed by atoms with E-state index < -0.39 is 0 Å². The lowest BCUT2D eigenvalue weighted by Gasteiger charge is -2.34. The zero-order valence-electron chi connectivity index (χ0n) is 10.9. The summed E-state index contributed by atoms with van der Waals surface area (Å²) < 4.78 is 0. The average molecular weight is 289 g/mol. The molecule has 3 rings (SSSR count). The topological polar surface area (TPSA) is 95.0 Å². The van der Waals surface area contributed by atoms with E-state index in [0.29, 0.717) is 11.6 Å². The summed E-state index contributed by atoms with van der Waals surface area (Å²) in [4.78, 5) is 17.3. The second-order valence-corrected chi connectivity index (χ2v) is 5.32. The van der Waals surface area contributed by atoms with E-state index in [0.717, 1.165) is 31.3 Å². The highest BCUT2D eigenvalue weighted by atomic mass is 32.1. The maximum Gasteiger partial charge on any atom is 0.226 e. The van der Waals surface area contributed by atoms with Crippen LogP contribution >= 0.6 is 11.3 Å². The minimum absolute atomic E-state index is 0.0323. The van der Waals surface area contributed by atoms with E-state index in [1.807, 2.05) is 11.6 Å².